The van der Waals surface area contributed by atoms with Crippen molar-refractivity contribution < 1.29 is 9.90 Å². The fraction of sp³-hybridized carbons (Fsp3) is 0.231. The SMILES string of the molecule is CN(Cc1nccn1C)c1ccc(C(=O)O)cc1Cl. The number of carboxylic acids is 1. The molecule has 1 N–H and O–H groups in total. The van der Waals surface area contributed by atoms with Gasteiger partial charge < -0.3 is 14.6 Å². The standard InChI is InChI=1S/C13H14ClN3O2/c1-16-6-5-15-12(16)8-17(2)11-4-3-9(13(18)19)7-10(11)14/h3-7H,8H2,1-2H3,(H,18,19). The molecule has 1 aromatic carbocycles. The molecular formula is C13H14ClN3O2. The number of benzene rings is 1. The van der Waals surface area contributed by atoms with Crippen molar-refractivity contribution in [2.24, 2.45) is 7.05 Å². The maximum absolute atomic E-state index is 10.8. The molecule has 0 atom stereocenters. The van der Waals surface area contributed by atoms with E-state index in [2.05, 4.69) is 4.98 Å². The molecule has 1 aromatic heterocycles. The quantitative estimate of drug-likeness (QED) is 0.934. The van der Waals surface area contributed by atoms with E-state index in [1.54, 1.807) is 18.3 Å². The Labute approximate surface area is 116 Å². The zero-order chi connectivity index (χ0) is 14.0. The van der Waals surface area contributed by atoms with Gasteiger partial charge in [-0.1, -0.05) is 11.6 Å². The predicted molar refractivity (Wildman–Crippen MR) is 73.7 cm³/mol. The largest absolute Gasteiger partial charge is 0.478 e. The molecule has 0 aliphatic heterocycles. The molecule has 6 heteroatoms. The number of carbonyl (C=O) groups is 1. The lowest BCUT2D eigenvalue weighted by atomic mass is 10.2. The fourth-order valence-corrected chi connectivity index (χ4v) is 2.12. The number of aryl methyl sites for hydroxylation is 1. The van der Waals surface area contributed by atoms with Gasteiger partial charge in [-0.05, 0) is 18.2 Å². The number of aromatic nitrogens is 2. The first-order chi connectivity index (χ1) is 8.99. The number of imidazole rings is 1. The maximum atomic E-state index is 10.8. The summed E-state index contributed by atoms with van der Waals surface area (Å²) in [5.74, 6) is -0.0823. The number of nitrogens with zero attached hydrogens (tertiary/aromatic N) is 3. The van der Waals surface area contributed by atoms with Gasteiger partial charge in [-0.3, -0.25) is 0 Å². The van der Waals surface area contributed by atoms with Crippen LogP contribution in [0.3, 0.4) is 0 Å². The van der Waals surface area contributed by atoms with Gasteiger partial charge in [0, 0.05) is 26.5 Å². The van der Waals surface area contributed by atoms with Crippen LogP contribution in [-0.2, 0) is 13.6 Å². The van der Waals surface area contributed by atoms with Crippen molar-refractivity contribution in [1.29, 1.82) is 0 Å². The van der Waals surface area contributed by atoms with E-state index in [0.717, 1.165) is 11.5 Å². The van der Waals surface area contributed by atoms with Crippen LogP contribution >= 0.6 is 11.6 Å². The van der Waals surface area contributed by atoms with Gasteiger partial charge in [-0.25, -0.2) is 9.78 Å². The van der Waals surface area contributed by atoms with Crippen molar-refractivity contribution in [3.63, 3.8) is 0 Å². The summed E-state index contributed by atoms with van der Waals surface area (Å²) in [5, 5.41) is 9.31. The summed E-state index contributed by atoms with van der Waals surface area (Å²) < 4.78 is 1.93. The van der Waals surface area contributed by atoms with Gasteiger partial charge in [0.25, 0.3) is 0 Å². The Bertz CT molecular complexity index is 610. The van der Waals surface area contributed by atoms with Crippen LogP contribution in [0, 0.1) is 0 Å². The topological polar surface area (TPSA) is 58.4 Å². The molecule has 5 nitrogen and oxygen atoms in total. The minimum absolute atomic E-state index is 0.180. The molecule has 0 bridgehead atoms. The first-order valence-corrected chi connectivity index (χ1v) is 6.07. The highest BCUT2D eigenvalue weighted by atomic mass is 35.5. The molecule has 2 aromatic rings. The number of hydrogen-bond donors (Lipinski definition) is 1. The Morgan fingerprint density at radius 1 is 1.53 bits per heavy atom. The highest BCUT2D eigenvalue weighted by Gasteiger charge is 2.12. The first kappa shape index (κ1) is 13.4. The van der Waals surface area contributed by atoms with Crippen LogP contribution in [0.15, 0.2) is 30.6 Å². The highest BCUT2D eigenvalue weighted by Crippen LogP contribution is 2.27. The molecule has 2 rings (SSSR count). The molecule has 0 spiro atoms. The molecule has 0 radical (unpaired) electrons. The summed E-state index contributed by atoms with van der Waals surface area (Å²) in [6.07, 6.45) is 3.61. The van der Waals surface area contributed by atoms with E-state index in [1.807, 2.05) is 29.8 Å². The molecule has 0 saturated heterocycles. The van der Waals surface area contributed by atoms with Gasteiger partial charge >= 0.3 is 5.97 Å². The molecule has 1 heterocycles. The van der Waals surface area contributed by atoms with Crippen molar-refractivity contribution >= 4 is 23.3 Å². The normalized spacial score (nSPS) is 10.5. The average Bonchev–Trinajstić information content (AvgIpc) is 2.74. The van der Waals surface area contributed by atoms with Crippen LogP contribution in [0.25, 0.3) is 0 Å². The Morgan fingerprint density at radius 2 is 2.26 bits per heavy atom. The van der Waals surface area contributed by atoms with Gasteiger partial charge in [0.1, 0.15) is 5.82 Å². The Morgan fingerprint density at radius 3 is 2.79 bits per heavy atom. The molecular weight excluding hydrogens is 266 g/mol. The summed E-state index contributed by atoms with van der Waals surface area (Å²) in [7, 11) is 3.81. The predicted octanol–water partition coefficient (Wildman–Crippen LogP) is 2.41. The van der Waals surface area contributed by atoms with Crippen molar-refractivity contribution in [2.75, 3.05) is 11.9 Å². The van der Waals surface area contributed by atoms with Gasteiger partial charge in [-0.15, -0.1) is 0 Å². The summed E-state index contributed by atoms with van der Waals surface area (Å²) in [5.41, 5.74) is 0.953. The minimum atomic E-state index is -0.986. The zero-order valence-corrected chi connectivity index (χ0v) is 11.4. The smallest absolute Gasteiger partial charge is 0.335 e. The highest BCUT2D eigenvalue weighted by molar-refractivity contribution is 6.33. The fourth-order valence-electron chi connectivity index (χ4n) is 1.80. The van der Waals surface area contributed by atoms with Crippen molar-refractivity contribution in [2.45, 2.75) is 6.54 Å². The third kappa shape index (κ3) is 2.88. The third-order valence-electron chi connectivity index (χ3n) is 2.91. The van der Waals surface area contributed by atoms with E-state index in [4.69, 9.17) is 16.7 Å². The number of hydrogen-bond acceptors (Lipinski definition) is 3. The number of carboxylic acid groups (broad SMARTS) is 1. The van der Waals surface area contributed by atoms with E-state index in [9.17, 15) is 4.79 Å². The molecule has 0 amide bonds. The first-order valence-electron chi connectivity index (χ1n) is 5.69. The second-order valence-corrected chi connectivity index (χ2v) is 4.69. The molecule has 0 unspecified atom stereocenters. The van der Waals surface area contributed by atoms with Crippen LogP contribution in [0.5, 0.6) is 0 Å². The van der Waals surface area contributed by atoms with E-state index in [0.29, 0.717) is 11.6 Å². The molecule has 100 valence electrons. The lowest BCUT2D eigenvalue weighted by Crippen LogP contribution is -2.19. The van der Waals surface area contributed by atoms with E-state index in [1.165, 1.54) is 6.07 Å². The number of aromatic carboxylic acids is 1. The van der Waals surface area contributed by atoms with Crippen molar-refractivity contribution in [1.82, 2.24) is 9.55 Å². The average molecular weight is 280 g/mol. The summed E-state index contributed by atoms with van der Waals surface area (Å²) >= 11 is 6.12. The van der Waals surface area contributed by atoms with Gasteiger partial charge in [0.05, 0.1) is 22.8 Å². The second-order valence-electron chi connectivity index (χ2n) is 4.28. The van der Waals surface area contributed by atoms with Gasteiger partial charge in [0.15, 0.2) is 0 Å². The lowest BCUT2D eigenvalue weighted by molar-refractivity contribution is 0.0697. The number of rotatable bonds is 4. The minimum Gasteiger partial charge on any atom is -0.478 e. The summed E-state index contributed by atoms with van der Waals surface area (Å²) in [6, 6.07) is 4.70. The van der Waals surface area contributed by atoms with Crippen molar-refractivity contribution in [3.05, 3.63) is 47.0 Å². The lowest BCUT2D eigenvalue weighted by Gasteiger charge is -2.20. The maximum Gasteiger partial charge on any atom is 0.335 e. The monoisotopic (exact) mass is 279 g/mol. The second kappa shape index (κ2) is 5.32. The molecule has 0 fully saturated rings. The van der Waals surface area contributed by atoms with Gasteiger partial charge in [-0.2, -0.15) is 0 Å². The van der Waals surface area contributed by atoms with Crippen LogP contribution in [0.1, 0.15) is 16.2 Å². The van der Waals surface area contributed by atoms with Crippen LogP contribution in [0.4, 0.5) is 5.69 Å². The van der Waals surface area contributed by atoms with E-state index >= 15 is 0 Å². The molecule has 0 saturated carbocycles. The number of anilines is 1. The molecule has 0 aliphatic rings. The zero-order valence-electron chi connectivity index (χ0n) is 10.7. The Balaban J connectivity index is 2.22. The van der Waals surface area contributed by atoms with Crippen molar-refractivity contribution in [3.8, 4) is 0 Å². The summed E-state index contributed by atoms with van der Waals surface area (Å²) in [4.78, 5) is 17.0. The van der Waals surface area contributed by atoms with Crippen LogP contribution < -0.4 is 4.90 Å². The third-order valence-corrected chi connectivity index (χ3v) is 3.21. The summed E-state index contributed by atoms with van der Waals surface area (Å²) in [6.45, 7) is 0.593. The number of halogens is 1. The van der Waals surface area contributed by atoms with Crippen LogP contribution in [0.2, 0.25) is 5.02 Å². The van der Waals surface area contributed by atoms with E-state index < -0.39 is 5.97 Å². The van der Waals surface area contributed by atoms with Gasteiger partial charge in [0.2, 0.25) is 0 Å². The Kier molecular flexibility index (Phi) is 3.76. The molecule has 0 aliphatic carbocycles. The molecule has 19 heavy (non-hydrogen) atoms. The van der Waals surface area contributed by atoms with Crippen LogP contribution in [-0.4, -0.2) is 27.7 Å². The Hall–Kier alpha value is -2.01. The van der Waals surface area contributed by atoms with E-state index in [-0.39, 0.29) is 5.56 Å².